The van der Waals surface area contributed by atoms with E-state index in [0.717, 1.165) is 6.42 Å². The van der Waals surface area contributed by atoms with Gasteiger partial charge in [-0.05, 0) is 25.0 Å². The van der Waals surface area contributed by atoms with Crippen molar-refractivity contribution < 1.29 is 14.3 Å². The van der Waals surface area contributed by atoms with Crippen LogP contribution in [-0.4, -0.2) is 36.5 Å². The van der Waals surface area contributed by atoms with Crippen LogP contribution in [0.4, 0.5) is 5.69 Å². The molecule has 1 aliphatic heterocycles. The Morgan fingerprint density at radius 3 is 2.89 bits per heavy atom. The number of nitrogens with two attached hydrogens (primary N) is 1. The number of esters is 1. The second-order valence-corrected chi connectivity index (χ2v) is 4.77. The third-order valence-electron chi connectivity index (χ3n) is 3.25. The third kappa shape index (κ3) is 2.51. The Kier molecular flexibility index (Phi) is 3.95. The van der Waals surface area contributed by atoms with Crippen LogP contribution in [0.1, 0.15) is 23.2 Å². The zero-order valence-corrected chi connectivity index (χ0v) is 11.3. The van der Waals surface area contributed by atoms with Gasteiger partial charge < -0.3 is 15.4 Å². The molecule has 2 rings (SSSR count). The minimum Gasteiger partial charge on any atom is -0.467 e. The topological polar surface area (TPSA) is 72.6 Å². The Bertz CT molecular complexity index is 519. The minimum absolute atomic E-state index is 0.225. The van der Waals surface area contributed by atoms with Crippen molar-refractivity contribution in [2.45, 2.75) is 18.9 Å². The van der Waals surface area contributed by atoms with E-state index >= 15 is 0 Å². The Balaban J connectivity index is 2.28. The number of halogens is 1. The van der Waals surface area contributed by atoms with Crippen LogP contribution in [-0.2, 0) is 9.53 Å². The maximum Gasteiger partial charge on any atom is 0.328 e. The molecule has 5 nitrogen and oxygen atoms in total. The zero-order chi connectivity index (χ0) is 14.0. The summed E-state index contributed by atoms with van der Waals surface area (Å²) in [4.78, 5) is 25.6. The van der Waals surface area contributed by atoms with Gasteiger partial charge in [0, 0.05) is 6.54 Å². The van der Waals surface area contributed by atoms with Crippen molar-refractivity contribution in [2.75, 3.05) is 19.4 Å². The SMILES string of the molecule is COC(=O)C1CCCN1C(=O)c1cccc(N)c1Cl. The van der Waals surface area contributed by atoms with Gasteiger partial charge in [-0.15, -0.1) is 0 Å². The van der Waals surface area contributed by atoms with E-state index < -0.39 is 12.0 Å². The zero-order valence-electron chi connectivity index (χ0n) is 10.6. The molecular formula is C13H15ClN2O3. The highest BCUT2D eigenvalue weighted by atomic mass is 35.5. The molecule has 2 N–H and O–H groups in total. The number of hydrogen-bond donors (Lipinski definition) is 1. The van der Waals surface area contributed by atoms with E-state index in [2.05, 4.69) is 0 Å². The number of carbonyl (C=O) groups is 2. The summed E-state index contributed by atoms with van der Waals surface area (Å²) in [5.41, 5.74) is 6.35. The molecule has 0 aliphatic carbocycles. The molecule has 1 aliphatic rings. The van der Waals surface area contributed by atoms with Crippen LogP contribution in [0, 0.1) is 0 Å². The highest BCUT2D eigenvalue weighted by molar-refractivity contribution is 6.36. The maximum atomic E-state index is 12.4. The van der Waals surface area contributed by atoms with E-state index in [1.54, 1.807) is 18.2 Å². The lowest BCUT2D eigenvalue weighted by atomic mass is 10.1. The van der Waals surface area contributed by atoms with Gasteiger partial charge in [0.15, 0.2) is 0 Å². The molecule has 1 fully saturated rings. The predicted molar refractivity (Wildman–Crippen MR) is 71.9 cm³/mol. The quantitative estimate of drug-likeness (QED) is 0.662. The number of nitrogen functional groups attached to an aromatic ring is 1. The summed E-state index contributed by atoms with van der Waals surface area (Å²) in [6.07, 6.45) is 1.38. The second kappa shape index (κ2) is 5.48. The molecule has 102 valence electrons. The van der Waals surface area contributed by atoms with E-state index in [1.165, 1.54) is 12.0 Å². The normalized spacial score (nSPS) is 18.4. The molecule has 1 heterocycles. The lowest BCUT2D eigenvalue weighted by Gasteiger charge is -2.23. The molecule has 0 radical (unpaired) electrons. The first-order chi connectivity index (χ1) is 9.06. The van der Waals surface area contributed by atoms with Gasteiger partial charge in [0.25, 0.3) is 5.91 Å². The van der Waals surface area contributed by atoms with Crippen molar-refractivity contribution in [1.29, 1.82) is 0 Å². The van der Waals surface area contributed by atoms with Crippen molar-refractivity contribution in [3.8, 4) is 0 Å². The van der Waals surface area contributed by atoms with E-state index in [0.29, 0.717) is 24.2 Å². The van der Waals surface area contributed by atoms with E-state index in [4.69, 9.17) is 22.1 Å². The number of rotatable bonds is 2. The molecule has 0 bridgehead atoms. The highest BCUT2D eigenvalue weighted by Crippen LogP contribution is 2.27. The van der Waals surface area contributed by atoms with Crippen molar-refractivity contribution in [3.05, 3.63) is 28.8 Å². The van der Waals surface area contributed by atoms with Gasteiger partial charge in [-0.25, -0.2) is 4.79 Å². The summed E-state index contributed by atoms with van der Waals surface area (Å²) in [7, 11) is 1.32. The number of ether oxygens (including phenoxy) is 1. The average Bonchev–Trinajstić information content (AvgIpc) is 2.89. The molecule has 1 amide bonds. The third-order valence-corrected chi connectivity index (χ3v) is 3.67. The Morgan fingerprint density at radius 1 is 1.47 bits per heavy atom. The van der Waals surface area contributed by atoms with Crippen LogP contribution < -0.4 is 5.73 Å². The van der Waals surface area contributed by atoms with Crippen LogP contribution >= 0.6 is 11.6 Å². The fraction of sp³-hybridized carbons (Fsp3) is 0.385. The number of amides is 1. The fourth-order valence-electron chi connectivity index (χ4n) is 2.26. The van der Waals surface area contributed by atoms with Crippen molar-refractivity contribution >= 4 is 29.2 Å². The number of benzene rings is 1. The van der Waals surface area contributed by atoms with Crippen LogP contribution in [0.25, 0.3) is 0 Å². The van der Waals surface area contributed by atoms with Gasteiger partial charge in [-0.3, -0.25) is 4.79 Å². The largest absolute Gasteiger partial charge is 0.467 e. The maximum absolute atomic E-state index is 12.4. The molecule has 0 spiro atoms. The molecule has 1 aromatic carbocycles. The van der Waals surface area contributed by atoms with E-state index in [-0.39, 0.29) is 10.9 Å². The molecule has 6 heteroatoms. The molecule has 0 saturated carbocycles. The number of likely N-dealkylation sites (tertiary alicyclic amines) is 1. The fourth-order valence-corrected chi connectivity index (χ4v) is 2.47. The smallest absolute Gasteiger partial charge is 0.328 e. The first-order valence-corrected chi connectivity index (χ1v) is 6.37. The number of nitrogens with zero attached hydrogens (tertiary/aromatic N) is 1. The molecule has 1 saturated heterocycles. The summed E-state index contributed by atoms with van der Waals surface area (Å²) in [6.45, 7) is 0.518. The highest BCUT2D eigenvalue weighted by Gasteiger charge is 2.35. The first kappa shape index (κ1) is 13.7. The van der Waals surface area contributed by atoms with Crippen LogP contribution in [0.15, 0.2) is 18.2 Å². The van der Waals surface area contributed by atoms with Crippen LogP contribution in [0.3, 0.4) is 0 Å². The lowest BCUT2D eigenvalue weighted by molar-refractivity contribution is -0.145. The Labute approximate surface area is 116 Å². The molecular weight excluding hydrogens is 268 g/mol. The molecule has 1 atom stereocenters. The molecule has 1 aromatic rings. The van der Waals surface area contributed by atoms with Crippen LogP contribution in [0.5, 0.6) is 0 Å². The molecule has 0 aromatic heterocycles. The summed E-state index contributed by atoms with van der Waals surface area (Å²) >= 11 is 6.04. The van der Waals surface area contributed by atoms with Crippen molar-refractivity contribution in [3.63, 3.8) is 0 Å². The van der Waals surface area contributed by atoms with Crippen molar-refractivity contribution in [1.82, 2.24) is 4.90 Å². The summed E-state index contributed by atoms with van der Waals surface area (Å²) in [6, 6.07) is 4.36. The van der Waals surface area contributed by atoms with Gasteiger partial charge in [0.05, 0.1) is 23.4 Å². The predicted octanol–water partition coefficient (Wildman–Crippen LogP) is 1.70. The van der Waals surface area contributed by atoms with Crippen LogP contribution in [0.2, 0.25) is 5.02 Å². The Morgan fingerprint density at radius 2 is 2.21 bits per heavy atom. The summed E-state index contributed by atoms with van der Waals surface area (Å²) in [5.74, 6) is -0.684. The van der Waals surface area contributed by atoms with E-state index in [9.17, 15) is 9.59 Å². The van der Waals surface area contributed by atoms with Gasteiger partial charge in [0.2, 0.25) is 0 Å². The monoisotopic (exact) mass is 282 g/mol. The number of anilines is 1. The van der Waals surface area contributed by atoms with Gasteiger partial charge in [-0.1, -0.05) is 17.7 Å². The second-order valence-electron chi connectivity index (χ2n) is 4.39. The number of hydrogen-bond acceptors (Lipinski definition) is 4. The van der Waals surface area contributed by atoms with Crippen molar-refractivity contribution in [2.24, 2.45) is 0 Å². The summed E-state index contributed by atoms with van der Waals surface area (Å²) in [5, 5.41) is 0.225. The molecule has 1 unspecified atom stereocenters. The van der Waals surface area contributed by atoms with E-state index in [1.807, 2.05) is 0 Å². The molecule has 19 heavy (non-hydrogen) atoms. The van der Waals surface area contributed by atoms with Gasteiger partial charge in [0.1, 0.15) is 6.04 Å². The average molecular weight is 283 g/mol. The number of carbonyl (C=O) groups excluding carboxylic acids is 2. The minimum atomic E-state index is -0.532. The lowest BCUT2D eigenvalue weighted by Crippen LogP contribution is -2.41. The Hall–Kier alpha value is -1.75. The number of methoxy groups -OCH3 is 1. The van der Waals surface area contributed by atoms with Gasteiger partial charge >= 0.3 is 5.97 Å². The first-order valence-electron chi connectivity index (χ1n) is 5.99. The summed E-state index contributed by atoms with van der Waals surface area (Å²) < 4.78 is 4.71. The standard InChI is InChI=1S/C13H15ClN2O3/c1-19-13(18)10-6-3-7-16(10)12(17)8-4-2-5-9(15)11(8)14/h2,4-5,10H,3,6-7,15H2,1H3. The van der Waals surface area contributed by atoms with Gasteiger partial charge in [-0.2, -0.15) is 0 Å².